The summed E-state index contributed by atoms with van der Waals surface area (Å²) in [5.41, 5.74) is 1.12. The molecule has 1 heterocycles. The number of carboxylic acids is 1. The maximum atomic E-state index is 12.0. The topological polar surface area (TPSA) is 179 Å². The Labute approximate surface area is 172 Å². The number of nitrogens with one attached hydrogen (secondary N) is 4. The number of nitrogens with zero attached hydrogens (tertiary/aromatic N) is 1. The molecule has 1 atom stereocenters. The lowest BCUT2D eigenvalue weighted by molar-refractivity contribution is -0.141. The van der Waals surface area contributed by atoms with Gasteiger partial charge in [-0.3, -0.25) is 4.79 Å². The fourth-order valence-corrected chi connectivity index (χ4v) is 3.01. The second kappa shape index (κ2) is 9.95. The number of aromatic nitrogens is 2. The van der Waals surface area contributed by atoms with Crippen molar-refractivity contribution in [3.8, 4) is 0 Å². The van der Waals surface area contributed by atoms with Crippen molar-refractivity contribution in [2.45, 2.75) is 23.8 Å². The zero-order valence-electron chi connectivity index (χ0n) is 15.1. The van der Waals surface area contributed by atoms with E-state index in [4.69, 9.17) is 17.4 Å². The SMILES string of the molecule is NS(=O)(=O)c1ccc(NC(=S)NCCC(=O)N[C@@H](Cc2cnc[nH]2)C(=O)O)cc1. The number of H-pyrrole nitrogens is 1. The number of primary sulfonamides is 1. The lowest BCUT2D eigenvalue weighted by Crippen LogP contribution is -2.43. The van der Waals surface area contributed by atoms with Crippen molar-refractivity contribution in [1.82, 2.24) is 20.6 Å². The zero-order chi connectivity index (χ0) is 21.4. The summed E-state index contributed by atoms with van der Waals surface area (Å²) in [5.74, 6) is -1.61. The first kappa shape index (κ1) is 22.3. The summed E-state index contributed by atoms with van der Waals surface area (Å²) in [6.07, 6.45) is 3.00. The van der Waals surface area contributed by atoms with Gasteiger partial charge < -0.3 is 26.0 Å². The average Bonchev–Trinajstić information content (AvgIpc) is 3.14. The van der Waals surface area contributed by atoms with Crippen LogP contribution >= 0.6 is 12.2 Å². The third kappa shape index (κ3) is 7.48. The number of aliphatic carboxylic acids is 1. The van der Waals surface area contributed by atoms with Crippen molar-refractivity contribution in [3.05, 3.63) is 42.5 Å². The Bertz CT molecular complexity index is 960. The minimum absolute atomic E-state index is 0.00106. The standard InChI is InChI=1S/C16H20N6O5S2/c17-29(26,27)12-3-1-10(2-4-12)21-16(28)19-6-5-14(23)22-13(15(24)25)7-11-8-18-9-20-11/h1-4,8-9,13H,5-7H2,(H,18,20)(H,22,23)(H,24,25)(H2,17,26,27)(H2,19,21,28)/t13-/m0/s1. The average molecular weight is 441 g/mol. The Balaban J connectivity index is 1.75. The molecular formula is C16H20N6O5S2. The van der Waals surface area contributed by atoms with Crippen LogP contribution in [-0.4, -0.2) is 53.1 Å². The van der Waals surface area contributed by atoms with Crippen molar-refractivity contribution in [2.24, 2.45) is 5.14 Å². The van der Waals surface area contributed by atoms with Gasteiger partial charge in [0.05, 0.1) is 11.2 Å². The normalized spacial score (nSPS) is 12.0. The molecule has 0 aliphatic carbocycles. The summed E-state index contributed by atoms with van der Waals surface area (Å²) in [5, 5.41) is 22.5. The molecule has 0 radical (unpaired) electrons. The van der Waals surface area contributed by atoms with Gasteiger partial charge in [-0.15, -0.1) is 0 Å². The number of carbonyl (C=O) groups excluding carboxylic acids is 1. The molecule has 0 saturated heterocycles. The number of aromatic amines is 1. The van der Waals surface area contributed by atoms with E-state index in [1.165, 1.54) is 36.8 Å². The Morgan fingerprint density at radius 1 is 1.28 bits per heavy atom. The van der Waals surface area contributed by atoms with E-state index in [1.54, 1.807) is 0 Å². The molecule has 0 bridgehead atoms. The van der Waals surface area contributed by atoms with E-state index in [1.807, 2.05) is 0 Å². The number of hydrogen-bond donors (Lipinski definition) is 6. The predicted octanol–water partition coefficient (Wildman–Crippen LogP) is -0.454. The number of rotatable bonds is 9. The molecule has 156 valence electrons. The van der Waals surface area contributed by atoms with Gasteiger partial charge in [0.15, 0.2) is 5.11 Å². The molecule has 1 amide bonds. The van der Waals surface area contributed by atoms with Gasteiger partial charge in [0, 0.05) is 37.0 Å². The third-order valence-corrected chi connectivity index (χ3v) is 4.87. The van der Waals surface area contributed by atoms with Crippen LogP contribution in [0, 0.1) is 0 Å². The number of amides is 1. The van der Waals surface area contributed by atoms with Crippen LogP contribution < -0.4 is 21.1 Å². The minimum Gasteiger partial charge on any atom is -0.480 e. The molecule has 2 rings (SSSR count). The van der Waals surface area contributed by atoms with Gasteiger partial charge >= 0.3 is 5.97 Å². The zero-order valence-corrected chi connectivity index (χ0v) is 16.7. The summed E-state index contributed by atoms with van der Waals surface area (Å²) >= 11 is 5.10. The summed E-state index contributed by atoms with van der Waals surface area (Å²) in [6, 6.07) is 4.57. The highest BCUT2D eigenvalue weighted by Gasteiger charge is 2.20. The molecule has 11 nitrogen and oxygen atoms in total. The first-order chi connectivity index (χ1) is 13.6. The molecule has 1 aromatic carbocycles. The molecule has 0 saturated carbocycles. The van der Waals surface area contributed by atoms with E-state index in [0.717, 1.165) is 0 Å². The molecule has 0 aliphatic rings. The molecule has 29 heavy (non-hydrogen) atoms. The summed E-state index contributed by atoms with van der Waals surface area (Å²) < 4.78 is 22.4. The largest absolute Gasteiger partial charge is 0.480 e. The number of carbonyl (C=O) groups is 2. The Hall–Kier alpha value is -3.03. The van der Waals surface area contributed by atoms with E-state index >= 15 is 0 Å². The molecule has 0 spiro atoms. The van der Waals surface area contributed by atoms with E-state index in [-0.39, 0.29) is 29.4 Å². The lowest BCUT2D eigenvalue weighted by atomic mass is 10.1. The van der Waals surface area contributed by atoms with E-state index in [0.29, 0.717) is 11.4 Å². The van der Waals surface area contributed by atoms with Crippen LogP contribution in [0.5, 0.6) is 0 Å². The number of nitrogens with two attached hydrogens (primary N) is 1. The fourth-order valence-electron chi connectivity index (χ4n) is 2.28. The van der Waals surface area contributed by atoms with Crippen LogP contribution in [0.15, 0.2) is 41.7 Å². The van der Waals surface area contributed by atoms with Crippen molar-refractivity contribution in [1.29, 1.82) is 0 Å². The first-order valence-electron chi connectivity index (χ1n) is 8.32. The number of carboxylic acid groups (broad SMARTS) is 1. The predicted molar refractivity (Wildman–Crippen MR) is 109 cm³/mol. The highest BCUT2D eigenvalue weighted by Crippen LogP contribution is 2.12. The molecule has 0 unspecified atom stereocenters. The summed E-state index contributed by atoms with van der Waals surface area (Å²) in [4.78, 5) is 29.8. The molecule has 13 heteroatoms. The second-order valence-electron chi connectivity index (χ2n) is 5.94. The van der Waals surface area contributed by atoms with Gasteiger partial charge in [0.25, 0.3) is 0 Å². The highest BCUT2D eigenvalue weighted by atomic mass is 32.2. The summed E-state index contributed by atoms with van der Waals surface area (Å²) in [7, 11) is -3.77. The Kier molecular flexibility index (Phi) is 7.64. The fraction of sp³-hybridized carbons (Fsp3) is 0.250. The number of thiocarbonyl (C=S) groups is 1. The molecular weight excluding hydrogens is 420 g/mol. The van der Waals surface area contributed by atoms with E-state index in [9.17, 15) is 23.1 Å². The van der Waals surface area contributed by atoms with E-state index in [2.05, 4.69) is 25.9 Å². The van der Waals surface area contributed by atoms with Crippen LogP contribution in [0.25, 0.3) is 0 Å². The Morgan fingerprint density at radius 3 is 2.52 bits per heavy atom. The second-order valence-corrected chi connectivity index (χ2v) is 7.91. The molecule has 7 N–H and O–H groups in total. The van der Waals surface area contributed by atoms with Crippen LogP contribution in [0.4, 0.5) is 5.69 Å². The monoisotopic (exact) mass is 440 g/mol. The van der Waals surface area contributed by atoms with E-state index < -0.39 is 27.9 Å². The molecule has 0 aliphatic heterocycles. The van der Waals surface area contributed by atoms with Crippen LogP contribution in [-0.2, 0) is 26.0 Å². The summed E-state index contributed by atoms with van der Waals surface area (Å²) in [6.45, 7) is 0.170. The quantitative estimate of drug-likeness (QED) is 0.281. The number of benzene rings is 1. The number of sulfonamides is 1. The van der Waals surface area contributed by atoms with Gasteiger partial charge in [0.1, 0.15) is 6.04 Å². The van der Waals surface area contributed by atoms with Gasteiger partial charge in [0.2, 0.25) is 15.9 Å². The maximum Gasteiger partial charge on any atom is 0.326 e. The van der Waals surface area contributed by atoms with Crippen LogP contribution in [0.3, 0.4) is 0 Å². The number of hydrogen-bond acceptors (Lipinski definition) is 6. The van der Waals surface area contributed by atoms with Crippen LogP contribution in [0.1, 0.15) is 12.1 Å². The number of anilines is 1. The van der Waals surface area contributed by atoms with Crippen molar-refractivity contribution >= 4 is 44.9 Å². The maximum absolute atomic E-state index is 12.0. The molecule has 0 fully saturated rings. The smallest absolute Gasteiger partial charge is 0.326 e. The van der Waals surface area contributed by atoms with Gasteiger partial charge in [-0.05, 0) is 36.5 Å². The molecule has 1 aromatic heterocycles. The molecule has 2 aromatic rings. The van der Waals surface area contributed by atoms with Crippen molar-refractivity contribution < 1.29 is 23.1 Å². The number of imidazole rings is 1. The van der Waals surface area contributed by atoms with Gasteiger partial charge in [-0.1, -0.05) is 0 Å². The van der Waals surface area contributed by atoms with Crippen LogP contribution in [0.2, 0.25) is 0 Å². The van der Waals surface area contributed by atoms with Crippen molar-refractivity contribution in [3.63, 3.8) is 0 Å². The minimum atomic E-state index is -3.77. The third-order valence-electron chi connectivity index (χ3n) is 3.69. The van der Waals surface area contributed by atoms with Crippen molar-refractivity contribution in [2.75, 3.05) is 11.9 Å². The first-order valence-corrected chi connectivity index (χ1v) is 10.3. The van der Waals surface area contributed by atoms with Gasteiger partial charge in [-0.25, -0.2) is 23.3 Å². The van der Waals surface area contributed by atoms with Gasteiger partial charge in [-0.2, -0.15) is 0 Å². The Morgan fingerprint density at radius 2 is 1.97 bits per heavy atom. The highest BCUT2D eigenvalue weighted by molar-refractivity contribution is 7.89. The lowest BCUT2D eigenvalue weighted by Gasteiger charge is -2.14.